The Morgan fingerprint density at radius 3 is 3.21 bits per heavy atom. The molecule has 1 saturated heterocycles. The number of nitrogens with one attached hydrogen (secondary N) is 2. The molecule has 24 heavy (non-hydrogen) atoms. The molecule has 1 aliphatic rings. The second kappa shape index (κ2) is 8.99. The zero-order chi connectivity index (χ0) is 16.8. The van der Waals surface area contributed by atoms with E-state index in [9.17, 15) is 0 Å². The maximum atomic E-state index is 6.27. The van der Waals surface area contributed by atoms with E-state index in [1.165, 1.54) is 30.7 Å². The molecule has 0 radical (unpaired) electrons. The van der Waals surface area contributed by atoms with Gasteiger partial charge >= 0.3 is 0 Å². The molecule has 0 aliphatic carbocycles. The van der Waals surface area contributed by atoms with Crippen LogP contribution in [0.4, 0.5) is 0 Å². The lowest BCUT2D eigenvalue weighted by molar-refractivity contribution is 0.184. The van der Waals surface area contributed by atoms with Crippen LogP contribution in [0.25, 0.3) is 0 Å². The summed E-state index contributed by atoms with van der Waals surface area (Å²) in [4.78, 5) is 11.8. The van der Waals surface area contributed by atoms with Gasteiger partial charge in [0.05, 0.1) is 5.69 Å². The van der Waals surface area contributed by atoms with Gasteiger partial charge in [0.2, 0.25) is 0 Å². The van der Waals surface area contributed by atoms with Crippen molar-refractivity contribution in [3.63, 3.8) is 0 Å². The van der Waals surface area contributed by atoms with Crippen molar-refractivity contribution in [2.75, 3.05) is 13.1 Å². The van der Waals surface area contributed by atoms with Crippen LogP contribution in [-0.2, 0) is 19.5 Å². The van der Waals surface area contributed by atoms with Gasteiger partial charge in [-0.05, 0) is 37.3 Å². The van der Waals surface area contributed by atoms with Crippen molar-refractivity contribution >= 4 is 22.9 Å². The van der Waals surface area contributed by atoms with E-state index in [0.717, 1.165) is 44.0 Å². The van der Waals surface area contributed by atoms with Crippen molar-refractivity contribution in [1.29, 1.82) is 0 Å². The Morgan fingerprint density at radius 2 is 2.42 bits per heavy atom. The molecule has 3 heterocycles. The monoisotopic (exact) mass is 366 g/mol. The van der Waals surface area contributed by atoms with E-state index >= 15 is 0 Å². The summed E-state index contributed by atoms with van der Waals surface area (Å²) in [7, 11) is 0. The second-order valence-electron chi connectivity index (χ2n) is 6.59. The molecule has 0 bridgehead atoms. The summed E-state index contributed by atoms with van der Waals surface area (Å²) in [5.74, 6) is 1.02. The van der Waals surface area contributed by atoms with Gasteiger partial charge in [0, 0.05) is 37.0 Å². The highest BCUT2D eigenvalue weighted by atomic mass is 35.5. The molecule has 1 atom stereocenters. The maximum Gasteiger partial charge on any atom is 0.151 e. The summed E-state index contributed by atoms with van der Waals surface area (Å²) in [6.07, 6.45) is 5.79. The van der Waals surface area contributed by atoms with E-state index in [4.69, 9.17) is 11.6 Å². The third kappa shape index (κ3) is 5.06. The number of nitrogens with zero attached hydrogens (tertiary/aromatic N) is 2. The minimum absolute atomic E-state index is 0.525. The van der Waals surface area contributed by atoms with Gasteiger partial charge in [-0.15, -0.1) is 11.3 Å². The normalized spacial score (nSPS) is 19.0. The Bertz CT molecular complexity index is 611. The highest BCUT2D eigenvalue weighted by molar-refractivity contribution is 7.09. The number of halogens is 1. The van der Waals surface area contributed by atoms with Crippen molar-refractivity contribution in [3.05, 3.63) is 39.1 Å². The summed E-state index contributed by atoms with van der Waals surface area (Å²) < 4.78 is 0. The molecule has 0 spiro atoms. The Hall–Kier alpha value is -0.880. The lowest BCUT2D eigenvalue weighted by atomic mass is 10.1. The molecule has 0 saturated carbocycles. The molecule has 2 aromatic rings. The van der Waals surface area contributed by atoms with Gasteiger partial charge in [-0.1, -0.05) is 31.0 Å². The standard InChI is InChI=1S/C18H27ClN4S/c1-2-3-8-17-21-16(18(19)22-17)11-20-14-6-4-9-23(12-14)13-15-7-5-10-24-15/h5,7,10,14,20H,2-4,6,8-9,11-13H2,1H3,(H,21,22). The third-order valence-electron chi connectivity index (χ3n) is 4.58. The van der Waals surface area contributed by atoms with Crippen LogP contribution in [0.2, 0.25) is 5.15 Å². The largest absolute Gasteiger partial charge is 0.344 e. The van der Waals surface area contributed by atoms with Gasteiger partial charge in [-0.3, -0.25) is 4.90 Å². The summed E-state index contributed by atoms with van der Waals surface area (Å²) in [6.45, 7) is 6.34. The first-order chi connectivity index (χ1) is 11.7. The molecule has 1 unspecified atom stereocenters. The Kier molecular flexibility index (Phi) is 6.72. The van der Waals surface area contributed by atoms with Crippen LogP contribution in [-0.4, -0.2) is 34.0 Å². The van der Waals surface area contributed by atoms with E-state index in [1.54, 1.807) is 0 Å². The molecule has 2 aromatic heterocycles. The molecule has 1 aliphatic heterocycles. The number of likely N-dealkylation sites (tertiary alicyclic amines) is 1. The third-order valence-corrected chi connectivity index (χ3v) is 5.75. The number of aryl methyl sites for hydroxylation is 1. The Balaban J connectivity index is 1.48. The average molecular weight is 367 g/mol. The molecule has 132 valence electrons. The molecule has 4 nitrogen and oxygen atoms in total. The van der Waals surface area contributed by atoms with E-state index in [-0.39, 0.29) is 0 Å². The van der Waals surface area contributed by atoms with Crippen molar-refractivity contribution < 1.29 is 0 Å². The van der Waals surface area contributed by atoms with Crippen LogP contribution >= 0.6 is 22.9 Å². The smallest absolute Gasteiger partial charge is 0.151 e. The second-order valence-corrected chi connectivity index (χ2v) is 7.98. The van der Waals surface area contributed by atoms with Crippen LogP contribution in [0, 0.1) is 0 Å². The summed E-state index contributed by atoms with van der Waals surface area (Å²) in [5.41, 5.74) is 1.03. The first-order valence-corrected chi connectivity index (χ1v) is 10.2. The summed E-state index contributed by atoms with van der Waals surface area (Å²) in [5, 5.41) is 6.45. The van der Waals surface area contributed by atoms with Gasteiger partial charge in [-0.2, -0.15) is 0 Å². The van der Waals surface area contributed by atoms with E-state index in [0.29, 0.717) is 11.2 Å². The molecule has 3 rings (SSSR count). The highest BCUT2D eigenvalue weighted by Gasteiger charge is 2.20. The predicted molar refractivity (Wildman–Crippen MR) is 102 cm³/mol. The number of hydrogen-bond donors (Lipinski definition) is 2. The number of unbranched alkanes of at least 4 members (excludes halogenated alkanes) is 1. The molecular formula is C18H27ClN4S. The molecule has 0 aromatic carbocycles. The maximum absolute atomic E-state index is 6.27. The lowest BCUT2D eigenvalue weighted by Crippen LogP contribution is -2.44. The van der Waals surface area contributed by atoms with Gasteiger partial charge in [0.1, 0.15) is 5.82 Å². The first kappa shape index (κ1) is 17.9. The predicted octanol–water partition coefficient (Wildman–Crippen LogP) is 4.22. The van der Waals surface area contributed by atoms with Crippen LogP contribution in [0.5, 0.6) is 0 Å². The summed E-state index contributed by atoms with van der Waals surface area (Å²) >= 11 is 8.12. The number of hydrogen-bond acceptors (Lipinski definition) is 4. The SMILES string of the molecule is CCCCc1nc(Cl)c(CNC2CCCN(Cc3cccs3)C2)[nH]1. The topological polar surface area (TPSA) is 44.0 Å². The van der Waals surface area contributed by atoms with Crippen molar-refractivity contribution in [3.8, 4) is 0 Å². The van der Waals surface area contributed by atoms with E-state index in [2.05, 4.69) is 44.6 Å². The van der Waals surface area contributed by atoms with Crippen molar-refractivity contribution in [1.82, 2.24) is 20.2 Å². The Morgan fingerprint density at radius 1 is 1.50 bits per heavy atom. The number of aromatic nitrogens is 2. The van der Waals surface area contributed by atoms with Crippen LogP contribution < -0.4 is 5.32 Å². The number of thiophene rings is 1. The van der Waals surface area contributed by atoms with E-state index < -0.39 is 0 Å². The van der Waals surface area contributed by atoms with Crippen LogP contribution in [0.15, 0.2) is 17.5 Å². The van der Waals surface area contributed by atoms with Gasteiger partial charge < -0.3 is 10.3 Å². The minimum Gasteiger partial charge on any atom is -0.344 e. The number of H-pyrrole nitrogens is 1. The van der Waals surface area contributed by atoms with Crippen molar-refractivity contribution in [2.45, 2.75) is 58.2 Å². The number of aromatic amines is 1. The zero-order valence-corrected chi connectivity index (χ0v) is 15.9. The van der Waals surface area contributed by atoms with Crippen LogP contribution in [0.1, 0.15) is 49.0 Å². The summed E-state index contributed by atoms with van der Waals surface area (Å²) in [6, 6.07) is 4.89. The fourth-order valence-corrected chi connectivity index (χ4v) is 4.22. The van der Waals surface area contributed by atoms with Crippen LogP contribution in [0.3, 0.4) is 0 Å². The molecule has 6 heteroatoms. The quantitative estimate of drug-likeness (QED) is 0.735. The Labute approximate surface area is 153 Å². The lowest BCUT2D eigenvalue weighted by Gasteiger charge is -2.32. The van der Waals surface area contributed by atoms with E-state index in [1.807, 2.05) is 11.3 Å². The van der Waals surface area contributed by atoms with Crippen molar-refractivity contribution in [2.24, 2.45) is 0 Å². The minimum atomic E-state index is 0.525. The number of piperidine rings is 1. The number of imidazole rings is 1. The van der Waals surface area contributed by atoms with Gasteiger partial charge in [0.15, 0.2) is 5.15 Å². The molecular weight excluding hydrogens is 340 g/mol. The van der Waals surface area contributed by atoms with Gasteiger partial charge in [-0.25, -0.2) is 4.98 Å². The molecule has 1 fully saturated rings. The average Bonchev–Trinajstić information content (AvgIpc) is 3.21. The highest BCUT2D eigenvalue weighted by Crippen LogP contribution is 2.18. The number of rotatable bonds is 8. The fourth-order valence-electron chi connectivity index (χ4n) is 3.25. The van der Waals surface area contributed by atoms with Gasteiger partial charge in [0.25, 0.3) is 0 Å². The fraction of sp³-hybridized carbons (Fsp3) is 0.611. The molecule has 2 N–H and O–H groups in total. The zero-order valence-electron chi connectivity index (χ0n) is 14.4. The first-order valence-electron chi connectivity index (χ1n) is 8.96. The molecule has 0 amide bonds.